The second-order valence-corrected chi connectivity index (χ2v) is 1.62. The van der Waals surface area contributed by atoms with Gasteiger partial charge in [0, 0.05) is 18.9 Å². The Balaban J connectivity index is 2.78. The molecule has 0 saturated carbocycles. The first-order chi connectivity index (χ1) is 3.41. The lowest BCUT2D eigenvalue weighted by molar-refractivity contribution is 0.915. The molecule has 0 bridgehead atoms. The Hall–Kier alpha value is 0.0700. The van der Waals surface area contributed by atoms with Crippen LogP contribution in [0.15, 0.2) is 12.4 Å². The van der Waals surface area contributed by atoms with Crippen molar-refractivity contribution in [1.82, 2.24) is 8.85 Å². The smallest absolute Gasteiger partial charge is 0.0555 e. The largest absolute Gasteiger partial charge is 0.390 e. The second-order valence-electron chi connectivity index (χ2n) is 1.00. The maximum atomic E-state index is 3.00. The zero-order valence-corrected chi connectivity index (χ0v) is 6.40. The highest BCUT2D eigenvalue weighted by Crippen LogP contribution is 1.67. The van der Waals surface area contributed by atoms with Crippen molar-refractivity contribution in [1.29, 1.82) is 0 Å². The van der Waals surface area contributed by atoms with Crippen molar-refractivity contribution in [3.05, 3.63) is 12.4 Å². The summed E-state index contributed by atoms with van der Waals surface area (Å²) in [5.74, 6) is 0. The predicted octanol–water partition coefficient (Wildman–Crippen LogP) is 1.01. The Bertz CT molecular complexity index is 53.7. The molecule has 2 N–H and O–H groups in total. The first-order valence-electron chi connectivity index (χ1n) is 2.16. The average molecular weight is 212 g/mol. The minimum atomic E-state index is 0.981. The SMILES string of the molecule is CCN/C=C\NI. The summed E-state index contributed by atoms with van der Waals surface area (Å²) in [6.45, 7) is 3.03. The van der Waals surface area contributed by atoms with E-state index in [1.807, 2.05) is 12.4 Å². The van der Waals surface area contributed by atoms with Gasteiger partial charge in [0.15, 0.2) is 0 Å². The lowest BCUT2D eigenvalue weighted by Gasteiger charge is -1.88. The van der Waals surface area contributed by atoms with Crippen molar-refractivity contribution in [3.63, 3.8) is 0 Å². The highest BCUT2D eigenvalue weighted by molar-refractivity contribution is 14.1. The minimum absolute atomic E-state index is 0.981. The van der Waals surface area contributed by atoms with Gasteiger partial charge in [-0.05, 0) is 6.92 Å². The third-order valence-corrected chi connectivity index (χ3v) is 0.828. The van der Waals surface area contributed by atoms with Crippen LogP contribution in [0, 0.1) is 0 Å². The van der Waals surface area contributed by atoms with E-state index in [-0.39, 0.29) is 0 Å². The van der Waals surface area contributed by atoms with Crippen LogP contribution in [0.3, 0.4) is 0 Å². The maximum absolute atomic E-state index is 3.00. The van der Waals surface area contributed by atoms with Crippen molar-refractivity contribution in [2.75, 3.05) is 6.54 Å². The topological polar surface area (TPSA) is 24.1 Å². The van der Waals surface area contributed by atoms with Gasteiger partial charge in [0.2, 0.25) is 0 Å². The summed E-state index contributed by atoms with van der Waals surface area (Å²) >= 11 is 2.05. The van der Waals surface area contributed by atoms with Crippen LogP contribution in [0.4, 0.5) is 0 Å². The third-order valence-electron chi connectivity index (χ3n) is 0.468. The summed E-state index contributed by atoms with van der Waals surface area (Å²) in [6, 6.07) is 0. The number of hydrogen-bond acceptors (Lipinski definition) is 2. The van der Waals surface area contributed by atoms with Crippen LogP contribution in [0.5, 0.6) is 0 Å². The van der Waals surface area contributed by atoms with Crippen molar-refractivity contribution in [2.45, 2.75) is 6.92 Å². The lowest BCUT2D eigenvalue weighted by atomic mass is 10.7. The third kappa shape index (κ3) is 6.07. The first kappa shape index (κ1) is 7.07. The van der Waals surface area contributed by atoms with Gasteiger partial charge in [0.1, 0.15) is 0 Å². The van der Waals surface area contributed by atoms with Crippen molar-refractivity contribution >= 4 is 22.9 Å². The molecule has 42 valence electrons. The monoisotopic (exact) mass is 212 g/mol. The van der Waals surface area contributed by atoms with E-state index in [9.17, 15) is 0 Å². The molecule has 0 amide bonds. The van der Waals surface area contributed by atoms with Crippen LogP contribution in [0.1, 0.15) is 6.92 Å². The van der Waals surface area contributed by atoms with E-state index in [0.717, 1.165) is 6.54 Å². The molecule has 0 saturated heterocycles. The molecular weight excluding hydrogens is 203 g/mol. The molecule has 0 aromatic carbocycles. The van der Waals surface area contributed by atoms with Gasteiger partial charge in [-0.25, -0.2) is 0 Å². The Morgan fingerprint density at radius 3 is 2.71 bits per heavy atom. The van der Waals surface area contributed by atoms with Gasteiger partial charge < -0.3 is 8.85 Å². The molecule has 0 aromatic rings. The maximum Gasteiger partial charge on any atom is 0.0555 e. The van der Waals surface area contributed by atoms with Gasteiger partial charge in [-0.2, -0.15) is 0 Å². The van der Waals surface area contributed by atoms with Crippen LogP contribution in [0.2, 0.25) is 0 Å². The Morgan fingerprint density at radius 2 is 2.29 bits per heavy atom. The average Bonchev–Trinajstić information content (AvgIpc) is 1.69. The van der Waals surface area contributed by atoms with Crippen LogP contribution in [0.25, 0.3) is 0 Å². The molecule has 2 nitrogen and oxygen atoms in total. The predicted molar refractivity (Wildman–Crippen MR) is 40.0 cm³/mol. The number of hydrogen-bond donors (Lipinski definition) is 2. The first-order valence-corrected chi connectivity index (χ1v) is 3.24. The van der Waals surface area contributed by atoms with Crippen LogP contribution >= 0.6 is 22.9 Å². The van der Waals surface area contributed by atoms with E-state index in [4.69, 9.17) is 0 Å². The summed E-state index contributed by atoms with van der Waals surface area (Å²) in [7, 11) is 0. The molecule has 0 aromatic heterocycles. The van der Waals surface area contributed by atoms with Crippen LogP contribution in [-0.2, 0) is 0 Å². The zero-order chi connectivity index (χ0) is 5.54. The lowest BCUT2D eigenvalue weighted by Crippen LogP contribution is -2.02. The molecule has 0 aliphatic rings. The molecule has 7 heavy (non-hydrogen) atoms. The Kier molecular flexibility index (Phi) is 6.13. The summed E-state index contributed by atoms with van der Waals surface area (Å²) in [5.41, 5.74) is 0. The van der Waals surface area contributed by atoms with E-state index in [0.29, 0.717) is 0 Å². The summed E-state index contributed by atoms with van der Waals surface area (Å²) < 4.78 is 2.83. The Labute approximate surface area is 57.9 Å². The van der Waals surface area contributed by atoms with Crippen LogP contribution in [-0.4, -0.2) is 6.54 Å². The molecule has 0 unspecified atom stereocenters. The second kappa shape index (κ2) is 6.07. The van der Waals surface area contributed by atoms with Gasteiger partial charge in [-0.15, -0.1) is 0 Å². The van der Waals surface area contributed by atoms with E-state index < -0.39 is 0 Å². The number of halogens is 1. The van der Waals surface area contributed by atoms with Crippen molar-refractivity contribution < 1.29 is 0 Å². The molecule has 0 rings (SSSR count). The molecule has 0 aliphatic carbocycles. The summed E-state index contributed by atoms with van der Waals surface area (Å²) in [4.78, 5) is 0. The fraction of sp³-hybridized carbons (Fsp3) is 0.500. The van der Waals surface area contributed by atoms with Crippen molar-refractivity contribution in [3.8, 4) is 0 Å². The quantitative estimate of drug-likeness (QED) is 0.538. The van der Waals surface area contributed by atoms with Gasteiger partial charge in [-0.1, -0.05) is 0 Å². The van der Waals surface area contributed by atoms with Gasteiger partial charge in [0.25, 0.3) is 0 Å². The van der Waals surface area contributed by atoms with Gasteiger partial charge in [0.05, 0.1) is 22.9 Å². The molecule has 0 radical (unpaired) electrons. The fourth-order valence-electron chi connectivity index (χ4n) is 0.208. The molecule has 0 fully saturated rings. The van der Waals surface area contributed by atoms with E-state index in [1.54, 1.807) is 0 Å². The molecule has 0 aliphatic heterocycles. The standard InChI is InChI=1S/C4H9IN2/c1-2-6-3-4-7-5/h3-4,6-7H,2H2,1H3/b4-3-. The van der Waals surface area contributed by atoms with Crippen molar-refractivity contribution in [2.24, 2.45) is 0 Å². The van der Waals surface area contributed by atoms with E-state index in [1.165, 1.54) is 0 Å². The number of rotatable bonds is 3. The van der Waals surface area contributed by atoms with Crippen LogP contribution < -0.4 is 8.85 Å². The summed E-state index contributed by atoms with van der Waals surface area (Å²) in [5, 5.41) is 3.00. The summed E-state index contributed by atoms with van der Waals surface area (Å²) in [6.07, 6.45) is 3.70. The Morgan fingerprint density at radius 1 is 1.57 bits per heavy atom. The molecule has 3 heteroatoms. The molecule has 0 spiro atoms. The fourth-order valence-corrected chi connectivity index (χ4v) is 0.388. The van der Waals surface area contributed by atoms with E-state index in [2.05, 4.69) is 38.6 Å². The molecule has 0 heterocycles. The highest BCUT2D eigenvalue weighted by Gasteiger charge is 1.62. The van der Waals surface area contributed by atoms with E-state index >= 15 is 0 Å². The normalized spacial score (nSPS) is 9.43. The molecular formula is C4H9IN2. The highest BCUT2D eigenvalue weighted by atomic mass is 127. The molecule has 0 atom stereocenters. The number of nitrogens with one attached hydrogen (secondary N) is 2. The van der Waals surface area contributed by atoms with Gasteiger partial charge in [-0.3, -0.25) is 0 Å². The minimum Gasteiger partial charge on any atom is -0.390 e. The zero-order valence-electron chi connectivity index (χ0n) is 4.24. The van der Waals surface area contributed by atoms with Gasteiger partial charge >= 0.3 is 0 Å².